The quantitative estimate of drug-likeness (QED) is 0.831. The van der Waals surface area contributed by atoms with Gasteiger partial charge in [0.25, 0.3) is 0 Å². The van der Waals surface area contributed by atoms with Crippen molar-refractivity contribution in [2.45, 2.75) is 24.0 Å². The summed E-state index contributed by atoms with van der Waals surface area (Å²) in [7, 11) is -3.43. The van der Waals surface area contributed by atoms with Crippen LogP contribution in [0.25, 0.3) is 0 Å². The monoisotopic (exact) mass is 346 g/mol. The van der Waals surface area contributed by atoms with Crippen LogP contribution in [0.15, 0.2) is 30.3 Å². The first-order chi connectivity index (χ1) is 9.96. The van der Waals surface area contributed by atoms with E-state index >= 15 is 0 Å². The molecule has 1 heterocycles. The Hall–Kier alpha value is -1.11. The zero-order valence-corrected chi connectivity index (χ0v) is 14.3. The molecule has 1 aromatic carbocycles. The number of amides is 1. The third kappa shape index (κ3) is 4.21. The maximum Gasteiger partial charge on any atom is 0.241 e. The standard InChI is InChI=1S/C15H22N2O3S.ClH/c1-21(19,20)15(8-11-16-12-9-15)14(18)17-10-7-13-5-3-2-4-6-13;/h2-6,16H,7-12H2,1H3,(H,17,18);1H. The maximum atomic E-state index is 12.4. The van der Waals surface area contributed by atoms with Crippen LogP contribution in [0.3, 0.4) is 0 Å². The molecule has 1 saturated heterocycles. The first-order valence-corrected chi connectivity index (χ1v) is 9.07. The minimum atomic E-state index is -3.43. The third-order valence-corrected chi connectivity index (χ3v) is 6.09. The van der Waals surface area contributed by atoms with E-state index < -0.39 is 14.6 Å². The van der Waals surface area contributed by atoms with Crippen LogP contribution in [0.4, 0.5) is 0 Å². The number of benzene rings is 1. The Morgan fingerprint density at radius 1 is 1.23 bits per heavy atom. The van der Waals surface area contributed by atoms with Gasteiger partial charge in [-0.15, -0.1) is 12.4 Å². The molecule has 2 rings (SSSR count). The molecule has 1 aromatic rings. The fraction of sp³-hybridized carbons (Fsp3) is 0.533. The number of nitrogens with one attached hydrogen (secondary N) is 2. The summed E-state index contributed by atoms with van der Waals surface area (Å²) in [6.45, 7) is 1.56. The van der Waals surface area contributed by atoms with Crippen molar-refractivity contribution in [1.82, 2.24) is 10.6 Å². The lowest BCUT2D eigenvalue weighted by atomic mass is 9.95. The largest absolute Gasteiger partial charge is 0.354 e. The second kappa shape index (κ2) is 7.94. The number of sulfone groups is 1. The molecule has 1 amide bonds. The highest BCUT2D eigenvalue weighted by molar-refractivity contribution is 7.92. The van der Waals surface area contributed by atoms with Crippen molar-refractivity contribution in [2.75, 3.05) is 25.9 Å². The van der Waals surface area contributed by atoms with Crippen molar-refractivity contribution in [2.24, 2.45) is 0 Å². The second-order valence-corrected chi connectivity index (χ2v) is 7.83. The van der Waals surface area contributed by atoms with Gasteiger partial charge in [-0.2, -0.15) is 0 Å². The number of piperidine rings is 1. The molecule has 0 aliphatic carbocycles. The zero-order chi connectivity index (χ0) is 15.3. The van der Waals surface area contributed by atoms with Crippen LogP contribution in [0.5, 0.6) is 0 Å². The molecular weight excluding hydrogens is 324 g/mol. The van der Waals surface area contributed by atoms with Crippen molar-refractivity contribution in [3.8, 4) is 0 Å². The van der Waals surface area contributed by atoms with Gasteiger partial charge in [0, 0.05) is 12.8 Å². The Bertz CT molecular complexity index is 584. The lowest BCUT2D eigenvalue weighted by Crippen LogP contribution is -2.57. The summed E-state index contributed by atoms with van der Waals surface area (Å²) in [6.07, 6.45) is 2.53. The SMILES string of the molecule is CS(=O)(=O)C1(C(=O)NCCc2ccccc2)CCNCC1.Cl. The average molecular weight is 347 g/mol. The van der Waals surface area contributed by atoms with E-state index in [1.54, 1.807) is 0 Å². The van der Waals surface area contributed by atoms with E-state index in [9.17, 15) is 13.2 Å². The molecule has 0 radical (unpaired) electrons. The highest BCUT2D eigenvalue weighted by atomic mass is 35.5. The summed E-state index contributed by atoms with van der Waals surface area (Å²) in [4.78, 5) is 12.4. The lowest BCUT2D eigenvalue weighted by Gasteiger charge is -2.34. The summed E-state index contributed by atoms with van der Waals surface area (Å²) in [5.74, 6) is -0.359. The Balaban J connectivity index is 0.00000242. The molecule has 0 bridgehead atoms. The molecule has 0 unspecified atom stereocenters. The summed E-state index contributed by atoms with van der Waals surface area (Å²) >= 11 is 0. The van der Waals surface area contributed by atoms with Crippen LogP contribution >= 0.6 is 12.4 Å². The van der Waals surface area contributed by atoms with Crippen LogP contribution in [0, 0.1) is 0 Å². The molecule has 7 heteroatoms. The van der Waals surface area contributed by atoms with Gasteiger partial charge in [-0.3, -0.25) is 4.79 Å². The zero-order valence-electron chi connectivity index (χ0n) is 12.7. The van der Waals surface area contributed by atoms with Gasteiger partial charge in [-0.1, -0.05) is 30.3 Å². The maximum absolute atomic E-state index is 12.4. The molecule has 0 aromatic heterocycles. The van der Waals surface area contributed by atoms with Crippen LogP contribution < -0.4 is 10.6 Å². The topological polar surface area (TPSA) is 75.3 Å². The van der Waals surface area contributed by atoms with Crippen molar-refractivity contribution < 1.29 is 13.2 Å². The highest BCUT2D eigenvalue weighted by Crippen LogP contribution is 2.27. The summed E-state index contributed by atoms with van der Waals surface area (Å²) < 4.78 is 22.9. The summed E-state index contributed by atoms with van der Waals surface area (Å²) in [6, 6.07) is 9.81. The van der Waals surface area contributed by atoms with Gasteiger partial charge < -0.3 is 10.6 Å². The molecule has 1 aliphatic rings. The molecule has 1 fully saturated rings. The third-order valence-electron chi connectivity index (χ3n) is 4.08. The van der Waals surface area contributed by atoms with Crippen LogP contribution in [-0.4, -0.2) is 45.0 Å². The fourth-order valence-corrected chi connectivity index (χ4v) is 4.08. The fourth-order valence-electron chi connectivity index (χ4n) is 2.72. The van der Waals surface area contributed by atoms with E-state index in [0.29, 0.717) is 38.9 Å². The van der Waals surface area contributed by atoms with Gasteiger partial charge in [0.2, 0.25) is 5.91 Å². The summed E-state index contributed by atoms with van der Waals surface area (Å²) in [5, 5.41) is 5.91. The van der Waals surface area contributed by atoms with Crippen molar-refractivity contribution in [3.63, 3.8) is 0 Å². The Labute approximate surface area is 138 Å². The van der Waals surface area contributed by atoms with Crippen LogP contribution in [-0.2, 0) is 21.1 Å². The van der Waals surface area contributed by atoms with Gasteiger partial charge in [-0.05, 0) is 37.9 Å². The number of carbonyl (C=O) groups is 1. The minimum absolute atomic E-state index is 0. The van der Waals surface area contributed by atoms with Crippen LogP contribution in [0.2, 0.25) is 0 Å². The first-order valence-electron chi connectivity index (χ1n) is 7.18. The Morgan fingerprint density at radius 2 is 1.82 bits per heavy atom. The van der Waals surface area contributed by atoms with Crippen molar-refractivity contribution in [3.05, 3.63) is 35.9 Å². The Morgan fingerprint density at radius 3 is 2.36 bits per heavy atom. The molecule has 0 atom stereocenters. The predicted molar refractivity (Wildman–Crippen MR) is 90.1 cm³/mol. The van der Waals surface area contributed by atoms with Gasteiger partial charge >= 0.3 is 0 Å². The van der Waals surface area contributed by atoms with Gasteiger partial charge in [0.1, 0.15) is 0 Å². The number of hydrogen-bond donors (Lipinski definition) is 2. The van der Waals surface area contributed by atoms with E-state index in [4.69, 9.17) is 0 Å². The minimum Gasteiger partial charge on any atom is -0.354 e. The van der Waals surface area contributed by atoms with E-state index in [0.717, 1.165) is 11.8 Å². The lowest BCUT2D eigenvalue weighted by molar-refractivity contribution is -0.124. The molecular formula is C15H23ClN2O3S. The Kier molecular flexibility index (Phi) is 6.84. The van der Waals surface area contributed by atoms with Gasteiger partial charge in [0.05, 0.1) is 0 Å². The number of halogens is 1. The van der Waals surface area contributed by atoms with E-state index in [1.165, 1.54) is 0 Å². The molecule has 2 N–H and O–H groups in total. The van der Waals surface area contributed by atoms with E-state index in [1.807, 2.05) is 30.3 Å². The molecule has 1 aliphatic heterocycles. The number of rotatable bonds is 5. The summed E-state index contributed by atoms with van der Waals surface area (Å²) in [5.41, 5.74) is 1.12. The van der Waals surface area contributed by atoms with Crippen molar-refractivity contribution >= 4 is 28.2 Å². The van der Waals surface area contributed by atoms with Crippen molar-refractivity contribution in [1.29, 1.82) is 0 Å². The molecule has 5 nitrogen and oxygen atoms in total. The molecule has 0 spiro atoms. The number of hydrogen-bond acceptors (Lipinski definition) is 4. The smallest absolute Gasteiger partial charge is 0.241 e. The predicted octanol–water partition coefficient (Wildman–Crippen LogP) is 0.934. The number of carbonyl (C=O) groups excluding carboxylic acids is 1. The van der Waals surface area contributed by atoms with Crippen LogP contribution in [0.1, 0.15) is 18.4 Å². The second-order valence-electron chi connectivity index (χ2n) is 5.51. The van der Waals surface area contributed by atoms with Gasteiger partial charge in [-0.25, -0.2) is 8.42 Å². The normalized spacial score (nSPS) is 17.3. The first kappa shape index (κ1) is 18.9. The molecule has 22 heavy (non-hydrogen) atoms. The van der Waals surface area contributed by atoms with Gasteiger partial charge in [0.15, 0.2) is 14.6 Å². The average Bonchev–Trinajstić information content (AvgIpc) is 2.48. The van der Waals surface area contributed by atoms with E-state index in [-0.39, 0.29) is 18.3 Å². The molecule has 124 valence electrons. The highest BCUT2D eigenvalue weighted by Gasteiger charge is 2.48. The molecule has 0 saturated carbocycles. The van der Waals surface area contributed by atoms with E-state index in [2.05, 4.69) is 10.6 Å².